The lowest BCUT2D eigenvalue weighted by Gasteiger charge is -2.01. The zero-order chi connectivity index (χ0) is 18.6. The van der Waals surface area contributed by atoms with Gasteiger partial charge in [0, 0.05) is 29.7 Å². The SMILES string of the molecule is O=C(/C=C/c1cccnc1)Nc1ccc2nc(-c3ccc(F)cc3)[nH]c2c1. The molecule has 2 heterocycles. The van der Waals surface area contributed by atoms with Gasteiger partial charge in [0.2, 0.25) is 5.91 Å². The number of imidazole rings is 1. The minimum atomic E-state index is -0.292. The van der Waals surface area contributed by atoms with Gasteiger partial charge in [0.1, 0.15) is 11.6 Å². The van der Waals surface area contributed by atoms with Gasteiger partial charge in [-0.25, -0.2) is 9.37 Å². The first-order valence-electron chi connectivity index (χ1n) is 8.32. The number of aromatic nitrogens is 3. The maximum atomic E-state index is 13.1. The summed E-state index contributed by atoms with van der Waals surface area (Å²) in [4.78, 5) is 23.8. The number of benzene rings is 2. The number of nitrogens with one attached hydrogen (secondary N) is 2. The summed E-state index contributed by atoms with van der Waals surface area (Å²) in [6.45, 7) is 0. The van der Waals surface area contributed by atoms with Gasteiger partial charge in [-0.15, -0.1) is 0 Å². The molecule has 6 heteroatoms. The molecule has 0 aliphatic carbocycles. The second-order valence-corrected chi connectivity index (χ2v) is 5.93. The fourth-order valence-corrected chi connectivity index (χ4v) is 2.66. The number of nitrogens with zero attached hydrogens (tertiary/aromatic N) is 2. The molecule has 0 atom stereocenters. The predicted molar refractivity (Wildman–Crippen MR) is 103 cm³/mol. The molecule has 4 aromatic rings. The molecule has 1 amide bonds. The molecule has 0 saturated carbocycles. The third kappa shape index (κ3) is 3.90. The van der Waals surface area contributed by atoms with Crippen LogP contribution in [0.15, 0.2) is 73.1 Å². The van der Waals surface area contributed by atoms with Gasteiger partial charge >= 0.3 is 0 Å². The maximum Gasteiger partial charge on any atom is 0.248 e. The summed E-state index contributed by atoms with van der Waals surface area (Å²) < 4.78 is 13.1. The number of rotatable bonds is 4. The van der Waals surface area contributed by atoms with E-state index in [1.54, 1.807) is 36.7 Å². The molecule has 0 saturated heterocycles. The number of H-pyrrole nitrogens is 1. The molecular formula is C21H15FN4O. The van der Waals surface area contributed by atoms with Gasteiger partial charge in [-0.1, -0.05) is 6.07 Å². The Morgan fingerprint density at radius 3 is 2.74 bits per heavy atom. The molecule has 2 aromatic heterocycles. The number of amides is 1. The van der Waals surface area contributed by atoms with Crippen molar-refractivity contribution in [1.29, 1.82) is 0 Å². The van der Waals surface area contributed by atoms with Crippen LogP contribution in [0.3, 0.4) is 0 Å². The van der Waals surface area contributed by atoms with E-state index < -0.39 is 0 Å². The van der Waals surface area contributed by atoms with Crippen molar-refractivity contribution < 1.29 is 9.18 Å². The molecule has 0 unspecified atom stereocenters. The zero-order valence-corrected chi connectivity index (χ0v) is 14.2. The Bertz CT molecular complexity index is 1120. The number of hydrogen-bond donors (Lipinski definition) is 2. The average Bonchev–Trinajstić information content (AvgIpc) is 3.11. The molecule has 27 heavy (non-hydrogen) atoms. The summed E-state index contributed by atoms with van der Waals surface area (Å²) >= 11 is 0. The number of hydrogen-bond acceptors (Lipinski definition) is 3. The molecule has 4 rings (SSSR count). The minimum absolute atomic E-state index is 0.239. The van der Waals surface area contributed by atoms with Crippen LogP contribution in [0.25, 0.3) is 28.5 Å². The van der Waals surface area contributed by atoms with Gasteiger partial charge in [-0.2, -0.15) is 0 Å². The zero-order valence-electron chi connectivity index (χ0n) is 14.2. The summed E-state index contributed by atoms with van der Waals surface area (Å²) in [5.41, 5.74) is 3.83. The lowest BCUT2D eigenvalue weighted by atomic mass is 10.2. The quantitative estimate of drug-likeness (QED) is 0.531. The van der Waals surface area contributed by atoms with Crippen LogP contribution in [-0.2, 0) is 4.79 Å². The lowest BCUT2D eigenvalue weighted by Crippen LogP contribution is -2.07. The number of carbonyl (C=O) groups is 1. The van der Waals surface area contributed by atoms with Crippen LogP contribution >= 0.6 is 0 Å². The monoisotopic (exact) mass is 358 g/mol. The van der Waals surface area contributed by atoms with E-state index >= 15 is 0 Å². The molecule has 2 N–H and O–H groups in total. The smallest absolute Gasteiger partial charge is 0.248 e. The van der Waals surface area contributed by atoms with Crippen molar-refractivity contribution in [3.05, 3.63) is 84.4 Å². The van der Waals surface area contributed by atoms with Crippen molar-refractivity contribution in [2.75, 3.05) is 5.32 Å². The summed E-state index contributed by atoms with van der Waals surface area (Å²) in [5, 5.41) is 2.82. The lowest BCUT2D eigenvalue weighted by molar-refractivity contribution is -0.111. The molecule has 0 aliphatic heterocycles. The molecule has 2 aromatic carbocycles. The van der Waals surface area contributed by atoms with Crippen LogP contribution in [0.1, 0.15) is 5.56 Å². The fraction of sp³-hybridized carbons (Fsp3) is 0. The molecule has 0 aliphatic rings. The van der Waals surface area contributed by atoms with Gasteiger partial charge < -0.3 is 10.3 Å². The standard InChI is InChI=1S/C21H15FN4O/c22-16-6-4-15(5-7-16)21-25-18-9-8-17(12-19(18)26-21)24-20(27)10-3-14-2-1-11-23-13-14/h1-13H,(H,24,27)(H,25,26)/b10-3+. The molecule has 0 fully saturated rings. The van der Waals surface area contributed by atoms with Gasteiger partial charge in [-0.3, -0.25) is 9.78 Å². The molecule has 0 radical (unpaired) electrons. The first kappa shape index (κ1) is 16.7. The second kappa shape index (κ2) is 7.21. The first-order valence-corrected chi connectivity index (χ1v) is 8.32. The third-order valence-electron chi connectivity index (χ3n) is 3.98. The first-order chi connectivity index (χ1) is 13.2. The highest BCUT2D eigenvalue weighted by Crippen LogP contribution is 2.23. The number of halogens is 1. The fourth-order valence-electron chi connectivity index (χ4n) is 2.66. The van der Waals surface area contributed by atoms with E-state index in [0.717, 1.165) is 22.2 Å². The Morgan fingerprint density at radius 2 is 1.96 bits per heavy atom. The normalized spacial score (nSPS) is 11.1. The number of carbonyl (C=O) groups excluding carboxylic acids is 1. The Hall–Kier alpha value is -3.80. The van der Waals surface area contributed by atoms with E-state index in [-0.39, 0.29) is 11.7 Å². The van der Waals surface area contributed by atoms with Crippen LogP contribution in [-0.4, -0.2) is 20.9 Å². The van der Waals surface area contributed by atoms with Crippen molar-refractivity contribution in [2.45, 2.75) is 0 Å². The van der Waals surface area contributed by atoms with Gasteiger partial charge in [0.15, 0.2) is 0 Å². The predicted octanol–water partition coefficient (Wildman–Crippen LogP) is 4.42. The summed E-state index contributed by atoms with van der Waals surface area (Å²) in [6, 6.07) is 15.2. The molecule has 132 valence electrons. The van der Waals surface area contributed by atoms with Crippen LogP contribution in [0.4, 0.5) is 10.1 Å². The van der Waals surface area contributed by atoms with E-state index in [1.165, 1.54) is 18.2 Å². The Labute approximate surface area is 154 Å². The summed E-state index contributed by atoms with van der Waals surface area (Å²) in [5.74, 6) is 0.112. The maximum absolute atomic E-state index is 13.1. The molecular weight excluding hydrogens is 343 g/mol. The Morgan fingerprint density at radius 1 is 1.11 bits per heavy atom. The van der Waals surface area contributed by atoms with Gasteiger partial charge in [0.05, 0.1) is 11.0 Å². The minimum Gasteiger partial charge on any atom is -0.338 e. The Balaban J connectivity index is 1.52. The average molecular weight is 358 g/mol. The van der Waals surface area contributed by atoms with Crippen molar-refractivity contribution >= 4 is 28.7 Å². The molecule has 0 spiro atoms. The van der Waals surface area contributed by atoms with E-state index in [4.69, 9.17) is 0 Å². The molecule has 0 bridgehead atoms. The van der Waals surface area contributed by atoms with Crippen molar-refractivity contribution in [2.24, 2.45) is 0 Å². The van der Waals surface area contributed by atoms with Gasteiger partial charge in [0.25, 0.3) is 0 Å². The van der Waals surface area contributed by atoms with Crippen LogP contribution < -0.4 is 5.32 Å². The van der Waals surface area contributed by atoms with E-state index in [9.17, 15) is 9.18 Å². The largest absolute Gasteiger partial charge is 0.338 e. The highest BCUT2D eigenvalue weighted by atomic mass is 19.1. The number of aromatic amines is 1. The van der Waals surface area contributed by atoms with Gasteiger partial charge in [-0.05, 0) is 60.2 Å². The second-order valence-electron chi connectivity index (χ2n) is 5.93. The van der Waals surface area contributed by atoms with Crippen LogP contribution in [0, 0.1) is 5.82 Å². The van der Waals surface area contributed by atoms with E-state index in [0.29, 0.717) is 11.5 Å². The summed E-state index contributed by atoms with van der Waals surface area (Å²) in [7, 11) is 0. The van der Waals surface area contributed by atoms with Crippen molar-refractivity contribution in [3.63, 3.8) is 0 Å². The van der Waals surface area contributed by atoms with E-state index in [2.05, 4.69) is 20.3 Å². The highest BCUT2D eigenvalue weighted by Gasteiger charge is 2.07. The number of pyridine rings is 1. The number of anilines is 1. The number of fused-ring (bicyclic) bond motifs is 1. The Kier molecular flexibility index (Phi) is 4.45. The molecule has 5 nitrogen and oxygen atoms in total. The van der Waals surface area contributed by atoms with Crippen molar-refractivity contribution in [1.82, 2.24) is 15.0 Å². The topological polar surface area (TPSA) is 70.7 Å². The van der Waals surface area contributed by atoms with Crippen LogP contribution in [0.5, 0.6) is 0 Å². The summed E-state index contributed by atoms with van der Waals surface area (Å²) in [6.07, 6.45) is 6.51. The van der Waals surface area contributed by atoms with E-state index in [1.807, 2.05) is 24.3 Å². The van der Waals surface area contributed by atoms with Crippen molar-refractivity contribution in [3.8, 4) is 11.4 Å². The highest BCUT2D eigenvalue weighted by molar-refractivity contribution is 6.02. The third-order valence-corrected chi connectivity index (χ3v) is 3.98. The van der Waals surface area contributed by atoms with Crippen LogP contribution in [0.2, 0.25) is 0 Å².